The summed E-state index contributed by atoms with van der Waals surface area (Å²) in [5.41, 5.74) is 2.08. The van der Waals surface area contributed by atoms with E-state index < -0.39 is 11.9 Å². The number of nitriles is 1. The van der Waals surface area contributed by atoms with Gasteiger partial charge >= 0.3 is 11.9 Å². The van der Waals surface area contributed by atoms with Crippen molar-refractivity contribution >= 4 is 11.9 Å². The predicted molar refractivity (Wildman–Crippen MR) is 165 cm³/mol. The highest BCUT2D eigenvalue weighted by molar-refractivity contribution is 5.93. The minimum absolute atomic E-state index is 0.231. The molecular weight excluding hydrogens is 526 g/mol. The maximum Gasteiger partial charge on any atom is 0.343 e. The van der Waals surface area contributed by atoms with Crippen LogP contribution >= 0.6 is 0 Å². The third-order valence-electron chi connectivity index (χ3n) is 7.09. The number of aryl methyl sites for hydroxylation is 1. The van der Waals surface area contributed by atoms with Crippen LogP contribution in [0.3, 0.4) is 0 Å². The molecule has 0 aliphatic heterocycles. The molecule has 0 saturated heterocycles. The monoisotopic (exact) mass is 569 g/mol. The highest BCUT2D eigenvalue weighted by Crippen LogP contribution is 2.23. The van der Waals surface area contributed by atoms with Crippen molar-refractivity contribution in [2.45, 2.75) is 90.9 Å². The molecule has 0 spiro atoms. The number of esters is 2. The van der Waals surface area contributed by atoms with Crippen LogP contribution in [0.4, 0.5) is 0 Å². The molecule has 0 fully saturated rings. The number of hydrogen-bond acceptors (Lipinski definition) is 6. The van der Waals surface area contributed by atoms with E-state index in [2.05, 4.69) is 19.9 Å². The summed E-state index contributed by atoms with van der Waals surface area (Å²) in [4.78, 5) is 25.3. The zero-order valence-electron chi connectivity index (χ0n) is 25.0. The van der Waals surface area contributed by atoms with E-state index in [1.54, 1.807) is 48.5 Å². The lowest BCUT2D eigenvalue weighted by molar-refractivity contribution is 0.0730. The molecule has 3 aromatic rings. The van der Waals surface area contributed by atoms with Gasteiger partial charge in [-0.05, 0) is 85.5 Å². The van der Waals surface area contributed by atoms with Crippen molar-refractivity contribution in [3.63, 3.8) is 0 Å². The standard InChI is InChI=1S/C36H43NO5/c1-3-5-7-9-10-11-12-14-28-15-24-34(31(26-28)27-37)42-36(39)30-18-22-33(23-19-30)41-35(38)29-16-20-32(21-17-29)40-25-13-8-6-4-2/h15-24,26H,3-14,25H2,1-2H3. The van der Waals surface area contributed by atoms with Crippen molar-refractivity contribution in [1.29, 1.82) is 5.26 Å². The Bertz CT molecular complexity index is 1290. The average Bonchev–Trinajstić information content (AvgIpc) is 3.01. The summed E-state index contributed by atoms with van der Waals surface area (Å²) in [6.07, 6.45) is 14.0. The molecule has 42 heavy (non-hydrogen) atoms. The van der Waals surface area contributed by atoms with Gasteiger partial charge in [0.2, 0.25) is 0 Å². The second-order valence-electron chi connectivity index (χ2n) is 10.6. The summed E-state index contributed by atoms with van der Waals surface area (Å²) in [6, 6.07) is 20.5. The minimum Gasteiger partial charge on any atom is -0.494 e. The van der Waals surface area contributed by atoms with Gasteiger partial charge in [-0.25, -0.2) is 9.59 Å². The number of carbonyl (C=O) groups is 2. The lowest BCUT2D eigenvalue weighted by atomic mass is 10.0. The molecule has 3 aromatic carbocycles. The summed E-state index contributed by atoms with van der Waals surface area (Å²) >= 11 is 0. The van der Waals surface area contributed by atoms with Gasteiger partial charge in [-0.1, -0.05) is 77.7 Å². The van der Waals surface area contributed by atoms with Crippen molar-refractivity contribution < 1.29 is 23.8 Å². The van der Waals surface area contributed by atoms with Gasteiger partial charge in [-0.15, -0.1) is 0 Å². The zero-order chi connectivity index (χ0) is 30.0. The van der Waals surface area contributed by atoms with Crippen LogP contribution in [0.5, 0.6) is 17.2 Å². The van der Waals surface area contributed by atoms with Gasteiger partial charge in [-0.3, -0.25) is 0 Å². The van der Waals surface area contributed by atoms with Crippen molar-refractivity contribution in [2.24, 2.45) is 0 Å². The van der Waals surface area contributed by atoms with E-state index in [1.807, 2.05) is 6.07 Å². The number of ether oxygens (including phenoxy) is 3. The van der Waals surface area contributed by atoms with Gasteiger partial charge in [-0.2, -0.15) is 5.26 Å². The molecule has 222 valence electrons. The Morgan fingerprint density at radius 3 is 1.81 bits per heavy atom. The maximum absolute atomic E-state index is 12.7. The van der Waals surface area contributed by atoms with Gasteiger partial charge in [0.1, 0.15) is 23.3 Å². The Morgan fingerprint density at radius 1 is 0.643 bits per heavy atom. The molecule has 0 radical (unpaired) electrons. The Hall–Kier alpha value is -4.11. The van der Waals surface area contributed by atoms with Crippen LogP contribution in [-0.2, 0) is 6.42 Å². The summed E-state index contributed by atoms with van der Waals surface area (Å²) in [5, 5.41) is 9.62. The molecule has 0 saturated carbocycles. The Morgan fingerprint density at radius 2 is 1.19 bits per heavy atom. The number of hydrogen-bond donors (Lipinski definition) is 0. The van der Waals surface area contributed by atoms with E-state index in [9.17, 15) is 14.9 Å². The fourth-order valence-corrected chi connectivity index (χ4v) is 4.59. The number of benzene rings is 3. The highest BCUT2D eigenvalue weighted by Gasteiger charge is 2.14. The fraction of sp³-hybridized carbons (Fsp3) is 0.417. The van der Waals surface area contributed by atoms with Gasteiger partial charge in [0.15, 0.2) is 0 Å². The molecule has 0 aliphatic carbocycles. The number of rotatable bonds is 18. The average molecular weight is 570 g/mol. The van der Waals surface area contributed by atoms with Crippen LogP contribution in [0.25, 0.3) is 0 Å². The number of nitrogens with zero attached hydrogens (tertiary/aromatic N) is 1. The van der Waals surface area contributed by atoms with Gasteiger partial charge in [0.25, 0.3) is 0 Å². The Balaban J connectivity index is 1.47. The summed E-state index contributed by atoms with van der Waals surface area (Å²) in [7, 11) is 0. The first-order valence-electron chi connectivity index (χ1n) is 15.3. The first-order valence-corrected chi connectivity index (χ1v) is 15.3. The minimum atomic E-state index is -0.588. The van der Waals surface area contributed by atoms with Crippen molar-refractivity contribution in [3.05, 3.63) is 89.0 Å². The van der Waals surface area contributed by atoms with E-state index in [0.29, 0.717) is 29.2 Å². The molecule has 0 aromatic heterocycles. The first kappa shape index (κ1) is 32.4. The van der Waals surface area contributed by atoms with E-state index >= 15 is 0 Å². The van der Waals surface area contributed by atoms with Crippen molar-refractivity contribution in [1.82, 2.24) is 0 Å². The molecule has 0 aliphatic rings. The quantitative estimate of drug-likeness (QED) is 0.0862. The van der Waals surface area contributed by atoms with Crippen LogP contribution in [0, 0.1) is 11.3 Å². The topological polar surface area (TPSA) is 85.6 Å². The molecule has 0 N–H and O–H groups in total. The Labute approximate surface area is 250 Å². The molecule has 0 bridgehead atoms. The fourth-order valence-electron chi connectivity index (χ4n) is 4.59. The molecule has 0 heterocycles. The number of unbranched alkanes of at least 4 members (excludes halogenated alkanes) is 9. The summed E-state index contributed by atoms with van der Waals surface area (Å²) in [6.45, 7) is 5.04. The lowest BCUT2D eigenvalue weighted by Gasteiger charge is -2.09. The molecule has 6 heteroatoms. The zero-order valence-corrected chi connectivity index (χ0v) is 25.0. The van der Waals surface area contributed by atoms with Crippen LogP contribution < -0.4 is 14.2 Å². The van der Waals surface area contributed by atoms with E-state index in [4.69, 9.17) is 14.2 Å². The van der Waals surface area contributed by atoms with Gasteiger partial charge in [0.05, 0.1) is 23.3 Å². The second-order valence-corrected chi connectivity index (χ2v) is 10.6. The molecule has 0 atom stereocenters. The third kappa shape index (κ3) is 11.0. The molecule has 0 unspecified atom stereocenters. The predicted octanol–water partition coefficient (Wildman–Crippen LogP) is 9.25. The summed E-state index contributed by atoms with van der Waals surface area (Å²) in [5.74, 6) is 0.160. The Kier molecular flexibility index (Phi) is 14.2. The van der Waals surface area contributed by atoms with Crippen LogP contribution in [0.1, 0.15) is 116 Å². The normalized spacial score (nSPS) is 10.6. The van der Waals surface area contributed by atoms with Crippen LogP contribution in [0.15, 0.2) is 66.7 Å². The molecule has 3 rings (SSSR count). The maximum atomic E-state index is 12.7. The van der Waals surface area contributed by atoms with Crippen LogP contribution in [0.2, 0.25) is 0 Å². The summed E-state index contributed by atoms with van der Waals surface area (Å²) < 4.78 is 16.7. The van der Waals surface area contributed by atoms with Crippen molar-refractivity contribution in [3.8, 4) is 23.3 Å². The van der Waals surface area contributed by atoms with E-state index in [1.165, 1.54) is 63.5 Å². The number of carbonyl (C=O) groups excluding carboxylic acids is 2. The van der Waals surface area contributed by atoms with E-state index in [-0.39, 0.29) is 11.3 Å². The van der Waals surface area contributed by atoms with Gasteiger partial charge < -0.3 is 14.2 Å². The molecule has 6 nitrogen and oxygen atoms in total. The lowest BCUT2D eigenvalue weighted by Crippen LogP contribution is -2.11. The van der Waals surface area contributed by atoms with Crippen molar-refractivity contribution in [2.75, 3.05) is 6.61 Å². The largest absolute Gasteiger partial charge is 0.494 e. The smallest absolute Gasteiger partial charge is 0.343 e. The third-order valence-corrected chi connectivity index (χ3v) is 7.09. The van der Waals surface area contributed by atoms with Crippen LogP contribution in [-0.4, -0.2) is 18.5 Å². The second kappa shape index (κ2) is 18.3. The molecular formula is C36H43NO5. The molecule has 0 amide bonds. The first-order chi connectivity index (χ1) is 20.5. The van der Waals surface area contributed by atoms with Gasteiger partial charge in [0, 0.05) is 0 Å². The highest BCUT2D eigenvalue weighted by atomic mass is 16.5. The SMILES string of the molecule is CCCCCCCCCc1ccc(OC(=O)c2ccc(OC(=O)c3ccc(OCCCCCC)cc3)cc2)c(C#N)c1. The van der Waals surface area contributed by atoms with E-state index in [0.717, 1.165) is 31.2 Å².